The van der Waals surface area contributed by atoms with E-state index in [1.165, 1.54) is 0 Å². The molecule has 0 fully saturated rings. The molecular formula is C21H25N3O4S. The number of hydrazine groups is 1. The van der Waals surface area contributed by atoms with Crippen LogP contribution in [-0.2, 0) is 4.79 Å². The average molecular weight is 416 g/mol. The third-order valence-corrected chi connectivity index (χ3v) is 3.90. The van der Waals surface area contributed by atoms with Crippen LogP contribution in [0, 0.1) is 13.8 Å². The fourth-order valence-electron chi connectivity index (χ4n) is 2.46. The van der Waals surface area contributed by atoms with E-state index in [2.05, 4.69) is 16.2 Å². The molecule has 2 aromatic rings. The van der Waals surface area contributed by atoms with Gasteiger partial charge in [0.2, 0.25) is 0 Å². The van der Waals surface area contributed by atoms with Crippen molar-refractivity contribution in [2.45, 2.75) is 33.8 Å². The minimum atomic E-state index is -0.436. The normalized spacial score (nSPS) is 10.2. The quantitative estimate of drug-likeness (QED) is 0.497. The minimum absolute atomic E-state index is 0.00261. The first-order chi connectivity index (χ1) is 13.7. The van der Waals surface area contributed by atoms with Crippen molar-refractivity contribution in [3.63, 3.8) is 0 Å². The van der Waals surface area contributed by atoms with Gasteiger partial charge >= 0.3 is 0 Å². The van der Waals surface area contributed by atoms with Gasteiger partial charge in [-0.25, -0.2) is 0 Å². The van der Waals surface area contributed by atoms with Crippen LogP contribution < -0.4 is 25.6 Å². The summed E-state index contributed by atoms with van der Waals surface area (Å²) in [6.45, 7) is 7.50. The summed E-state index contributed by atoms with van der Waals surface area (Å²) in [4.78, 5) is 24.2. The summed E-state index contributed by atoms with van der Waals surface area (Å²) < 4.78 is 11.1. The van der Waals surface area contributed by atoms with E-state index in [4.69, 9.17) is 21.7 Å². The number of thiocarbonyl (C=S) groups is 1. The summed E-state index contributed by atoms with van der Waals surface area (Å²) >= 11 is 5.03. The van der Waals surface area contributed by atoms with Crippen molar-refractivity contribution in [2.24, 2.45) is 0 Å². The number of nitrogens with one attached hydrogen (secondary N) is 3. The maximum atomic E-state index is 12.3. The lowest BCUT2D eigenvalue weighted by atomic mass is 10.1. The van der Waals surface area contributed by atoms with Crippen LogP contribution in [0.2, 0.25) is 0 Å². The monoisotopic (exact) mass is 415 g/mol. The van der Waals surface area contributed by atoms with Crippen LogP contribution in [0.15, 0.2) is 42.5 Å². The van der Waals surface area contributed by atoms with Gasteiger partial charge in [0.1, 0.15) is 11.5 Å². The highest BCUT2D eigenvalue weighted by Gasteiger charge is 2.11. The molecule has 7 nitrogen and oxygen atoms in total. The molecule has 2 rings (SSSR count). The summed E-state index contributed by atoms with van der Waals surface area (Å²) in [6.07, 6.45) is -0.00261. The molecule has 0 heterocycles. The number of hydrogen-bond donors (Lipinski definition) is 3. The van der Waals surface area contributed by atoms with Crippen LogP contribution in [0.5, 0.6) is 11.5 Å². The topological polar surface area (TPSA) is 88.7 Å². The predicted molar refractivity (Wildman–Crippen MR) is 115 cm³/mol. The highest BCUT2D eigenvalue weighted by Crippen LogP contribution is 2.18. The lowest BCUT2D eigenvalue weighted by Crippen LogP contribution is -2.49. The van der Waals surface area contributed by atoms with Gasteiger partial charge in [-0.2, -0.15) is 0 Å². The Morgan fingerprint density at radius 1 is 1.07 bits per heavy atom. The smallest absolute Gasteiger partial charge is 0.276 e. The molecule has 0 saturated carbocycles. The van der Waals surface area contributed by atoms with E-state index in [-0.39, 0.29) is 17.8 Å². The Balaban J connectivity index is 1.78. The number of carbonyl (C=O) groups is 2. The van der Waals surface area contributed by atoms with Crippen LogP contribution >= 0.6 is 12.2 Å². The zero-order chi connectivity index (χ0) is 21.4. The second-order valence-electron chi connectivity index (χ2n) is 6.71. The third kappa shape index (κ3) is 7.42. The molecule has 0 saturated heterocycles. The molecule has 0 aliphatic carbocycles. The van der Waals surface area contributed by atoms with E-state index in [9.17, 15) is 9.59 Å². The first-order valence-corrected chi connectivity index (χ1v) is 9.52. The standard InChI is InChI=1S/C21H25N3O4S/c1-13(2)28-17-7-5-6-16(11-17)20(26)22-21(29)24-23-19(25)12-27-18-9-8-14(3)10-15(18)4/h5-11,13H,12H2,1-4H3,(H,23,25)(H2,22,24,26,29). The molecule has 0 aliphatic heterocycles. The Hall–Kier alpha value is -3.13. The number of amides is 2. The van der Waals surface area contributed by atoms with Gasteiger partial charge in [-0.1, -0.05) is 23.8 Å². The largest absolute Gasteiger partial charge is 0.491 e. The van der Waals surface area contributed by atoms with E-state index in [1.807, 2.05) is 45.9 Å². The molecule has 0 unspecified atom stereocenters. The van der Waals surface area contributed by atoms with Gasteiger partial charge in [0, 0.05) is 5.56 Å². The van der Waals surface area contributed by atoms with Crippen LogP contribution in [0.3, 0.4) is 0 Å². The van der Waals surface area contributed by atoms with Crippen molar-refractivity contribution in [3.8, 4) is 11.5 Å². The summed E-state index contributed by atoms with van der Waals surface area (Å²) in [5, 5.41) is 2.45. The van der Waals surface area contributed by atoms with E-state index in [1.54, 1.807) is 24.3 Å². The second kappa shape index (κ2) is 10.4. The lowest BCUT2D eigenvalue weighted by molar-refractivity contribution is -0.123. The van der Waals surface area contributed by atoms with Crippen molar-refractivity contribution in [1.29, 1.82) is 0 Å². The third-order valence-electron chi connectivity index (χ3n) is 3.70. The number of carbonyl (C=O) groups excluding carboxylic acids is 2. The van der Waals surface area contributed by atoms with Crippen LogP contribution in [0.4, 0.5) is 0 Å². The van der Waals surface area contributed by atoms with E-state index in [0.29, 0.717) is 17.1 Å². The first kappa shape index (κ1) is 22.2. The Labute approximate surface area is 175 Å². The Bertz CT molecular complexity index is 899. The van der Waals surface area contributed by atoms with E-state index < -0.39 is 11.8 Å². The molecular weight excluding hydrogens is 390 g/mol. The number of hydrogen-bond acceptors (Lipinski definition) is 5. The number of aryl methyl sites for hydroxylation is 2. The van der Waals surface area contributed by atoms with Crippen molar-refractivity contribution in [1.82, 2.24) is 16.2 Å². The highest BCUT2D eigenvalue weighted by atomic mass is 32.1. The summed E-state index contributed by atoms with van der Waals surface area (Å²) in [7, 11) is 0. The molecule has 0 aliphatic rings. The minimum Gasteiger partial charge on any atom is -0.491 e. The fraction of sp³-hybridized carbons (Fsp3) is 0.286. The Morgan fingerprint density at radius 2 is 1.83 bits per heavy atom. The molecule has 0 radical (unpaired) electrons. The SMILES string of the molecule is Cc1ccc(OCC(=O)NNC(=S)NC(=O)c2cccc(OC(C)C)c2)c(C)c1. The average Bonchev–Trinajstić information content (AvgIpc) is 2.65. The molecule has 0 spiro atoms. The van der Waals surface area contributed by atoms with Crippen molar-refractivity contribution < 1.29 is 19.1 Å². The fourth-order valence-corrected chi connectivity index (χ4v) is 2.60. The number of ether oxygens (including phenoxy) is 2. The molecule has 3 N–H and O–H groups in total. The maximum Gasteiger partial charge on any atom is 0.276 e. The van der Waals surface area contributed by atoms with E-state index in [0.717, 1.165) is 11.1 Å². The summed E-state index contributed by atoms with van der Waals surface area (Å²) in [5.41, 5.74) is 7.30. The summed E-state index contributed by atoms with van der Waals surface area (Å²) in [6, 6.07) is 12.4. The van der Waals surface area contributed by atoms with Gasteiger partial charge in [0.05, 0.1) is 6.10 Å². The van der Waals surface area contributed by atoms with Crippen molar-refractivity contribution in [3.05, 3.63) is 59.2 Å². The zero-order valence-electron chi connectivity index (χ0n) is 16.9. The van der Waals surface area contributed by atoms with Crippen LogP contribution in [0.25, 0.3) is 0 Å². The zero-order valence-corrected chi connectivity index (χ0v) is 17.7. The first-order valence-electron chi connectivity index (χ1n) is 9.11. The van der Waals surface area contributed by atoms with Gasteiger partial charge in [-0.05, 0) is 69.7 Å². The molecule has 0 atom stereocenters. The van der Waals surface area contributed by atoms with Gasteiger partial charge < -0.3 is 9.47 Å². The Morgan fingerprint density at radius 3 is 2.52 bits per heavy atom. The molecule has 0 bridgehead atoms. The van der Waals surface area contributed by atoms with Gasteiger partial charge in [-0.15, -0.1) is 0 Å². The second-order valence-corrected chi connectivity index (χ2v) is 7.12. The van der Waals surface area contributed by atoms with Crippen molar-refractivity contribution >= 4 is 29.1 Å². The lowest BCUT2D eigenvalue weighted by Gasteiger charge is -2.13. The van der Waals surface area contributed by atoms with Crippen LogP contribution in [-0.4, -0.2) is 29.6 Å². The highest BCUT2D eigenvalue weighted by molar-refractivity contribution is 7.80. The molecule has 154 valence electrons. The maximum absolute atomic E-state index is 12.3. The number of rotatable bonds is 6. The van der Waals surface area contributed by atoms with E-state index >= 15 is 0 Å². The van der Waals surface area contributed by atoms with Gasteiger partial charge in [0.15, 0.2) is 11.7 Å². The number of benzene rings is 2. The van der Waals surface area contributed by atoms with Crippen molar-refractivity contribution in [2.75, 3.05) is 6.61 Å². The van der Waals surface area contributed by atoms with Gasteiger partial charge in [-0.3, -0.25) is 25.8 Å². The molecule has 8 heteroatoms. The molecule has 2 aromatic carbocycles. The molecule has 0 aromatic heterocycles. The molecule has 29 heavy (non-hydrogen) atoms. The predicted octanol–water partition coefficient (Wildman–Crippen LogP) is 2.81. The van der Waals surface area contributed by atoms with Gasteiger partial charge in [0.25, 0.3) is 11.8 Å². The Kier molecular flexibility index (Phi) is 7.97. The van der Waals surface area contributed by atoms with Crippen LogP contribution in [0.1, 0.15) is 35.3 Å². The summed E-state index contributed by atoms with van der Waals surface area (Å²) in [5.74, 6) is 0.361. The molecule has 2 amide bonds.